The van der Waals surface area contributed by atoms with Crippen LogP contribution in [0.1, 0.15) is 35.6 Å². The smallest absolute Gasteiger partial charge is 0.320 e. The van der Waals surface area contributed by atoms with Gasteiger partial charge in [0.05, 0.1) is 31.1 Å². The van der Waals surface area contributed by atoms with Gasteiger partial charge < -0.3 is 5.11 Å². The van der Waals surface area contributed by atoms with E-state index < -0.39 is 5.97 Å². The molecule has 4 aromatic rings. The molecule has 160 valence electrons. The zero-order chi connectivity index (χ0) is 22.1. The van der Waals surface area contributed by atoms with Crippen molar-refractivity contribution in [3.05, 3.63) is 89.5 Å². The minimum atomic E-state index is -0.973. The Morgan fingerprint density at radius 2 is 1.72 bits per heavy atom. The largest absolute Gasteiger partial charge is 0.481 e. The number of hydrogen-bond donors (Lipinski definition) is 1. The van der Waals surface area contributed by atoms with E-state index in [1.54, 1.807) is 0 Å². The molecule has 1 amide bonds. The lowest BCUT2D eigenvalue weighted by atomic mass is 9.84. The normalized spacial score (nSPS) is 20.1. The van der Waals surface area contributed by atoms with Crippen LogP contribution in [0.25, 0.3) is 11.0 Å². The van der Waals surface area contributed by atoms with Gasteiger partial charge in [0.25, 0.3) is 0 Å². The summed E-state index contributed by atoms with van der Waals surface area (Å²) in [5.74, 6) is -1.09. The van der Waals surface area contributed by atoms with Crippen LogP contribution in [-0.4, -0.2) is 32.3 Å². The number of nitrogens with zero attached hydrogens (tertiary/aromatic N) is 3. The molecule has 1 aromatic heterocycles. The standard InChI is InChI=1S/C25H21N3O3S/c29-22(13-14-23(30)31)28(21-12-6-11-20-24(21)27-32-26-20)16-15-17-7-4-5-10-19(17)25(28)18-8-2-1-3-9-18/h1-12,25H,13-16H2/p+1. The Morgan fingerprint density at radius 1 is 0.938 bits per heavy atom. The lowest BCUT2D eigenvalue weighted by molar-refractivity contribution is -0.141. The van der Waals surface area contributed by atoms with E-state index in [0.29, 0.717) is 18.5 Å². The van der Waals surface area contributed by atoms with Crippen LogP contribution in [0.4, 0.5) is 5.69 Å². The molecule has 2 heterocycles. The van der Waals surface area contributed by atoms with Crippen LogP contribution in [0.15, 0.2) is 72.8 Å². The third-order valence-electron chi connectivity index (χ3n) is 6.33. The summed E-state index contributed by atoms with van der Waals surface area (Å²) in [5.41, 5.74) is 5.57. The molecule has 1 aliphatic heterocycles. The molecule has 6 nitrogen and oxygen atoms in total. The van der Waals surface area contributed by atoms with E-state index in [4.69, 9.17) is 0 Å². The molecule has 3 aromatic carbocycles. The number of carboxylic acid groups (broad SMARTS) is 1. The van der Waals surface area contributed by atoms with E-state index in [1.807, 2.05) is 60.7 Å². The van der Waals surface area contributed by atoms with Gasteiger partial charge in [-0.1, -0.05) is 60.7 Å². The third kappa shape index (κ3) is 3.30. The van der Waals surface area contributed by atoms with Crippen LogP contribution in [0, 0.1) is 0 Å². The topological polar surface area (TPSA) is 80.1 Å². The number of carboxylic acids is 1. The fourth-order valence-electron chi connectivity index (χ4n) is 4.95. The van der Waals surface area contributed by atoms with Crippen molar-refractivity contribution >= 4 is 40.3 Å². The Morgan fingerprint density at radius 3 is 2.53 bits per heavy atom. The second kappa shape index (κ2) is 8.26. The van der Waals surface area contributed by atoms with Crippen LogP contribution in [0.2, 0.25) is 0 Å². The van der Waals surface area contributed by atoms with Crippen molar-refractivity contribution in [1.82, 2.24) is 13.2 Å². The number of aromatic nitrogens is 2. The predicted octanol–water partition coefficient (Wildman–Crippen LogP) is 4.74. The van der Waals surface area contributed by atoms with Gasteiger partial charge in [-0.2, -0.15) is 8.75 Å². The molecule has 2 unspecified atom stereocenters. The lowest BCUT2D eigenvalue weighted by Gasteiger charge is -2.45. The van der Waals surface area contributed by atoms with Crippen molar-refractivity contribution in [2.24, 2.45) is 0 Å². The summed E-state index contributed by atoms with van der Waals surface area (Å²) in [5, 5.41) is 9.31. The maximum absolute atomic E-state index is 14.0. The van der Waals surface area contributed by atoms with Crippen molar-refractivity contribution < 1.29 is 14.7 Å². The number of quaternary nitrogens is 1. The average molecular weight is 445 g/mol. The van der Waals surface area contributed by atoms with Crippen LogP contribution in [-0.2, 0) is 16.0 Å². The molecule has 32 heavy (non-hydrogen) atoms. The summed E-state index contributed by atoms with van der Waals surface area (Å²) in [7, 11) is 0. The van der Waals surface area contributed by atoms with Gasteiger partial charge in [0.2, 0.25) is 0 Å². The summed E-state index contributed by atoms with van der Waals surface area (Å²) in [6.07, 6.45) is 0.467. The van der Waals surface area contributed by atoms with Crippen molar-refractivity contribution in [1.29, 1.82) is 0 Å². The molecular formula is C25H22N3O3S+. The van der Waals surface area contributed by atoms with E-state index in [1.165, 1.54) is 5.56 Å². The lowest BCUT2D eigenvalue weighted by Crippen LogP contribution is -2.60. The second-order valence-corrected chi connectivity index (χ2v) is 8.58. The van der Waals surface area contributed by atoms with Crippen LogP contribution >= 0.6 is 11.7 Å². The Bertz CT molecular complexity index is 1300. The summed E-state index contributed by atoms with van der Waals surface area (Å²) < 4.78 is 8.95. The molecule has 7 heteroatoms. The van der Waals surface area contributed by atoms with E-state index in [-0.39, 0.29) is 29.3 Å². The van der Waals surface area contributed by atoms with E-state index >= 15 is 0 Å². The maximum Gasteiger partial charge on any atom is 0.320 e. The number of carbonyl (C=O) groups excluding carboxylic acids is 1. The van der Waals surface area contributed by atoms with E-state index in [0.717, 1.165) is 34.1 Å². The van der Waals surface area contributed by atoms with Crippen molar-refractivity contribution in [3.8, 4) is 0 Å². The highest BCUT2D eigenvalue weighted by atomic mass is 32.1. The summed E-state index contributed by atoms with van der Waals surface area (Å²) in [4.78, 5) is 25.4. The van der Waals surface area contributed by atoms with Gasteiger partial charge >= 0.3 is 11.9 Å². The number of hydrogen-bond acceptors (Lipinski definition) is 5. The molecule has 0 aliphatic carbocycles. The monoisotopic (exact) mass is 444 g/mol. The van der Waals surface area contributed by atoms with E-state index in [9.17, 15) is 14.7 Å². The molecule has 1 N–H and O–H groups in total. The Balaban J connectivity index is 1.81. The quantitative estimate of drug-likeness (QED) is 0.450. The first-order chi connectivity index (χ1) is 15.6. The molecule has 0 bridgehead atoms. The Hall–Kier alpha value is -3.42. The van der Waals surface area contributed by atoms with E-state index in [2.05, 4.69) is 20.9 Å². The molecular weight excluding hydrogens is 422 g/mol. The van der Waals surface area contributed by atoms with Gasteiger partial charge in [-0.25, -0.2) is 9.28 Å². The summed E-state index contributed by atoms with van der Waals surface area (Å²) >= 11 is 1.13. The maximum atomic E-state index is 14.0. The molecule has 5 rings (SSSR count). The zero-order valence-electron chi connectivity index (χ0n) is 17.3. The van der Waals surface area contributed by atoms with Crippen LogP contribution < -0.4 is 4.48 Å². The third-order valence-corrected chi connectivity index (χ3v) is 6.87. The highest BCUT2D eigenvalue weighted by Crippen LogP contribution is 2.47. The molecule has 1 aliphatic rings. The Kier molecular flexibility index (Phi) is 5.28. The van der Waals surface area contributed by atoms with Gasteiger partial charge in [0, 0.05) is 23.6 Å². The first kappa shape index (κ1) is 20.5. The molecule has 0 radical (unpaired) electrons. The SMILES string of the molecule is O=C(O)CCC(=O)[N+]1(c2cccc3nsnc23)CCc2ccccc2C1c1ccccc1. The number of amides is 1. The van der Waals surface area contributed by atoms with Crippen molar-refractivity contribution in [2.45, 2.75) is 25.3 Å². The van der Waals surface area contributed by atoms with Crippen molar-refractivity contribution in [2.75, 3.05) is 6.54 Å². The van der Waals surface area contributed by atoms with Gasteiger partial charge in [0.1, 0.15) is 5.52 Å². The summed E-state index contributed by atoms with van der Waals surface area (Å²) in [6, 6.07) is 23.7. The first-order valence-corrected chi connectivity index (χ1v) is 11.3. The molecule has 0 saturated carbocycles. The van der Waals surface area contributed by atoms with Gasteiger partial charge in [-0.15, -0.1) is 0 Å². The Labute approximate surface area is 189 Å². The number of rotatable bonds is 5. The number of carbonyl (C=O) groups is 2. The molecule has 0 saturated heterocycles. The summed E-state index contributed by atoms with van der Waals surface area (Å²) in [6.45, 7) is 0.533. The average Bonchev–Trinajstić information content (AvgIpc) is 3.31. The number of fused-ring (bicyclic) bond motifs is 2. The molecule has 0 fully saturated rings. The predicted molar refractivity (Wildman–Crippen MR) is 124 cm³/mol. The van der Waals surface area contributed by atoms with Crippen LogP contribution in [0.5, 0.6) is 0 Å². The minimum absolute atomic E-state index is 0.0110. The van der Waals surface area contributed by atoms with Gasteiger partial charge in [-0.3, -0.25) is 4.79 Å². The highest BCUT2D eigenvalue weighted by molar-refractivity contribution is 7.00. The molecule has 0 spiro atoms. The fraction of sp³-hybridized carbons (Fsp3) is 0.200. The number of aliphatic carboxylic acids is 1. The zero-order valence-corrected chi connectivity index (χ0v) is 18.2. The van der Waals surface area contributed by atoms with Crippen molar-refractivity contribution in [3.63, 3.8) is 0 Å². The highest BCUT2D eigenvalue weighted by Gasteiger charge is 2.51. The number of benzene rings is 3. The molecule has 2 atom stereocenters. The fourth-order valence-corrected chi connectivity index (χ4v) is 5.50. The minimum Gasteiger partial charge on any atom is -0.481 e. The second-order valence-electron chi connectivity index (χ2n) is 8.05. The van der Waals surface area contributed by atoms with Gasteiger partial charge in [-0.05, 0) is 11.6 Å². The van der Waals surface area contributed by atoms with Crippen LogP contribution in [0.3, 0.4) is 0 Å². The first-order valence-electron chi connectivity index (χ1n) is 10.6. The van der Waals surface area contributed by atoms with Gasteiger partial charge in [0.15, 0.2) is 17.2 Å².